The van der Waals surface area contributed by atoms with Crippen LogP contribution in [-0.2, 0) is 9.53 Å². The van der Waals surface area contributed by atoms with E-state index in [1.807, 2.05) is 0 Å². The fourth-order valence-corrected chi connectivity index (χ4v) is 1.51. The van der Waals surface area contributed by atoms with E-state index in [-0.39, 0.29) is 0 Å². The van der Waals surface area contributed by atoms with Crippen LogP contribution in [0.25, 0.3) is 0 Å². The number of esters is 1. The predicted molar refractivity (Wildman–Crippen MR) is 49.0 cm³/mol. The summed E-state index contributed by atoms with van der Waals surface area (Å²) >= 11 is 5.15. The molecule has 0 saturated heterocycles. The number of carbonyl (C=O) groups excluding carboxylic acids is 1. The summed E-state index contributed by atoms with van der Waals surface area (Å²) in [5.74, 6) is -0.609. The van der Waals surface area contributed by atoms with Crippen molar-refractivity contribution in [3.63, 3.8) is 0 Å². The summed E-state index contributed by atoms with van der Waals surface area (Å²) in [5.41, 5.74) is 4.06. The average Bonchev–Trinajstić information content (AvgIpc) is 1.81. The van der Waals surface area contributed by atoms with Crippen LogP contribution in [0.15, 0.2) is 4.74 Å². The maximum atomic E-state index is 11.0. The highest BCUT2D eigenvalue weighted by Gasteiger charge is 2.26. The first-order valence-corrected chi connectivity index (χ1v) is 5.70. The highest BCUT2D eigenvalue weighted by molar-refractivity contribution is 7.69. The van der Waals surface area contributed by atoms with E-state index in [0.29, 0.717) is 0 Å². The van der Waals surface area contributed by atoms with Gasteiger partial charge in [-0.05, 0) is 11.7 Å². The molecule has 0 amide bonds. The lowest BCUT2D eigenvalue weighted by Crippen LogP contribution is -2.35. The van der Waals surface area contributed by atoms with E-state index in [9.17, 15) is 9.69 Å². The second-order valence-corrected chi connectivity index (χ2v) is 4.50. The minimum atomic E-state index is -2.21. The van der Waals surface area contributed by atoms with Crippen molar-refractivity contribution >= 4 is 24.5 Å². The molecule has 0 fully saturated rings. The molecule has 2 unspecified atom stereocenters. The van der Waals surface area contributed by atoms with Gasteiger partial charge in [-0.1, -0.05) is 0 Å². The van der Waals surface area contributed by atoms with E-state index in [1.54, 1.807) is 0 Å². The molecule has 0 aromatic carbocycles. The Kier molecular flexibility index (Phi) is 4.78. The van der Waals surface area contributed by atoms with Gasteiger partial charge < -0.3 is 15.4 Å². The molecule has 0 bridgehead atoms. The first kappa shape index (κ1) is 12.8. The van der Waals surface area contributed by atoms with E-state index >= 15 is 0 Å². The maximum Gasteiger partial charge on any atom is 0.324 e. The van der Waals surface area contributed by atoms with Crippen molar-refractivity contribution in [2.75, 3.05) is 0 Å². The number of carbonyl (C=O) groups is 1. The van der Waals surface area contributed by atoms with Crippen LogP contribution in [0.1, 0.15) is 20.8 Å². The Hall–Kier alpha value is -0.220. The van der Waals surface area contributed by atoms with Gasteiger partial charge in [0, 0.05) is 13.8 Å². The molecule has 76 valence electrons. The molecule has 2 atom stereocenters. The van der Waals surface area contributed by atoms with Crippen molar-refractivity contribution in [1.29, 1.82) is 0 Å². The summed E-state index contributed by atoms with van der Waals surface area (Å²) in [7, 11) is -2.21. The molecule has 0 aliphatic rings. The van der Waals surface area contributed by atoms with Crippen molar-refractivity contribution < 1.29 is 14.4 Å². The summed E-state index contributed by atoms with van der Waals surface area (Å²) in [6.45, 7) is 4.44. The molecule has 0 aliphatic heterocycles. The van der Waals surface area contributed by atoms with Crippen molar-refractivity contribution in [2.45, 2.75) is 32.5 Å². The highest BCUT2D eigenvalue weighted by atomic mass is 35.7. The van der Waals surface area contributed by atoms with Crippen molar-refractivity contribution in [3.05, 3.63) is 0 Å². The van der Waals surface area contributed by atoms with Crippen molar-refractivity contribution in [2.24, 2.45) is 10.5 Å². The standard InChI is InChI=1S/C6H12ClN2O3P/c1-4(8)5(10)12-6(2,3)9-13(7)11/h4H,8H2,1-3H3. The number of halogens is 1. The van der Waals surface area contributed by atoms with Crippen LogP contribution in [-0.4, -0.2) is 17.7 Å². The maximum absolute atomic E-state index is 11.0. The molecule has 0 aromatic rings. The first-order valence-electron chi connectivity index (χ1n) is 3.59. The molecule has 0 radical (unpaired) electrons. The minimum Gasteiger partial charge on any atom is -0.596 e. The zero-order valence-corrected chi connectivity index (χ0v) is 9.30. The Balaban J connectivity index is 4.34. The molecule has 0 saturated carbocycles. The summed E-state index contributed by atoms with van der Waals surface area (Å²) in [5, 5.41) is 0. The number of hydrogen-bond donors (Lipinski definition) is 1. The van der Waals surface area contributed by atoms with Crippen molar-refractivity contribution in [3.8, 4) is 0 Å². The second kappa shape index (κ2) is 4.86. The topological polar surface area (TPSA) is 87.7 Å². The second-order valence-electron chi connectivity index (χ2n) is 2.98. The number of nitrogens with zero attached hydrogens (tertiary/aromatic N) is 1. The molecule has 7 heteroatoms. The smallest absolute Gasteiger partial charge is 0.324 e. The lowest BCUT2D eigenvalue weighted by Gasteiger charge is -2.18. The van der Waals surface area contributed by atoms with Gasteiger partial charge in [-0.25, -0.2) is 0 Å². The van der Waals surface area contributed by atoms with Crippen LogP contribution in [0.4, 0.5) is 0 Å². The molecular weight excluding hydrogens is 215 g/mol. The SMILES string of the molecule is CC(N)C(=O)OC(C)(C)/N=[P+](\[O-])Cl. The molecule has 0 aromatic heterocycles. The molecule has 0 spiro atoms. The Labute approximate surface area is 82.6 Å². The van der Waals surface area contributed by atoms with Crippen LogP contribution >= 0.6 is 18.5 Å². The van der Waals surface area contributed by atoms with E-state index in [0.717, 1.165) is 0 Å². The van der Waals surface area contributed by atoms with E-state index in [1.165, 1.54) is 20.8 Å². The fourth-order valence-electron chi connectivity index (χ4n) is 0.549. The lowest BCUT2D eigenvalue weighted by atomic mass is 10.3. The summed E-state index contributed by atoms with van der Waals surface area (Å²) in [6.07, 6.45) is 0. The molecule has 0 aliphatic carbocycles. The normalized spacial score (nSPS) is 15.4. The Morgan fingerprint density at radius 1 is 1.77 bits per heavy atom. The van der Waals surface area contributed by atoms with Gasteiger partial charge in [0.1, 0.15) is 6.04 Å². The van der Waals surface area contributed by atoms with Gasteiger partial charge in [-0.2, -0.15) is 0 Å². The average molecular weight is 227 g/mol. The number of hydrogen-bond acceptors (Lipinski definition) is 5. The molecule has 0 rings (SSSR count). The zero-order valence-electron chi connectivity index (χ0n) is 7.65. The fraction of sp³-hybridized carbons (Fsp3) is 0.833. The quantitative estimate of drug-likeness (QED) is 0.567. The lowest BCUT2D eigenvalue weighted by molar-refractivity contribution is -0.160. The molecule has 0 heterocycles. The number of ether oxygens (including phenoxy) is 1. The minimum absolute atomic E-state index is 0.609. The van der Waals surface area contributed by atoms with Gasteiger partial charge in [0.2, 0.25) is 5.72 Å². The van der Waals surface area contributed by atoms with E-state index < -0.39 is 25.0 Å². The van der Waals surface area contributed by atoms with Crippen molar-refractivity contribution in [1.82, 2.24) is 0 Å². The number of nitrogens with two attached hydrogens (primary N) is 1. The Morgan fingerprint density at radius 3 is 2.54 bits per heavy atom. The van der Waals surface area contributed by atoms with Gasteiger partial charge in [0.15, 0.2) is 11.2 Å². The van der Waals surface area contributed by atoms with Crippen LogP contribution in [0, 0.1) is 0 Å². The summed E-state index contributed by atoms with van der Waals surface area (Å²) in [4.78, 5) is 21.5. The van der Waals surface area contributed by atoms with Gasteiger partial charge in [-0.3, -0.25) is 4.79 Å². The monoisotopic (exact) mass is 226 g/mol. The number of rotatable bonds is 3. The van der Waals surface area contributed by atoms with Gasteiger partial charge in [-0.15, -0.1) is 0 Å². The van der Waals surface area contributed by atoms with E-state index in [2.05, 4.69) is 4.74 Å². The molecular formula is C6H12ClN2O3P. The van der Waals surface area contributed by atoms with Crippen LogP contribution in [0.2, 0.25) is 0 Å². The third-order valence-corrected chi connectivity index (χ3v) is 1.91. The first-order chi connectivity index (χ1) is 5.74. The highest BCUT2D eigenvalue weighted by Crippen LogP contribution is 2.27. The zero-order chi connectivity index (χ0) is 10.6. The largest absolute Gasteiger partial charge is 0.596 e. The molecule has 5 nitrogen and oxygen atoms in total. The summed E-state index contributed by atoms with van der Waals surface area (Å²) < 4.78 is 8.32. The molecule has 2 N–H and O–H groups in total. The predicted octanol–water partition coefficient (Wildman–Crippen LogP) is 0.707. The van der Waals surface area contributed by atoms with E-state index in [4.69, 9.17) is 21.7 Å². The molecule has 13 heavy (non-hydrogen) atoms. The Bertz CT molecular complexity index is 226. The van der Waals surface area contributed by atoms with Gasteiger partial charge in [0.05, 0.1) is 0 Å². The van der Waals surface area contributed by atoms with Crippen LogP contribution < -0.4 is 10.6 Å². The summed E-state index contributed by atoms with van der Waals surface area (Å²) in [6, 6.07) is -0.734. The third-order valence-electron chi connectivity index (χ3n) is 1.04. The van der Waals surface area contributed by atoms with Gasteiger partial charge >= 0.3 is 5.97 Å². The van der Waals surface area contributed by atoms with Crippen LogP contribution in [0.5, 0.6) is 0 Å². The third kappa shape index (κ3) is 5.93. The Morgan fingerprint density at radius 2 is 2.23 bits per heavy atom. The van der Waals surface area contributed by atoms with Gasteiger partial charge in [0.25, 0.3) is 7.29 Å². The van der Waals surface area contributed by atoms with Crippen LogP contribution in [0.3, 0.4) is 0 Å².